The van der Waals surface area contributed by atoms with Gasteiger partial charge in [0.2, 0.25) is 5.91 Å². The van der Waals surface area contributed by atoms with Crippen LogP contribution in [0.15, 0.2) is 23.2 Å². The average Bonchev–Trinajstić information content (AvgIpc) is 2.46. The summed E-state index contributed by atoms with van der Waals surface area (Å²) >= 11 is 0. The maximum atomic E-state index is 11.5. The van der Waals surface area contributed by atoms with Gasteiger partial charge in [0.05, 0.1) is 6.42 Å². The lowest BCUT2D eigenvalue weighted by Gasteiger charge is -2.43. The van der Waals surface area contributed by atoms with Gasteiger partial charge < -0.3 is 10.8 Å². The molecule has 6 nitrogen and oxygen atoms in total. The van der Waals surface area contributed by atoms with Gasteiger partial charge in [0.1, 0.15) is 5.66 Å². The van der Waals surface area contributed by atoms with Gasteiger partial charge in [0.25, 0.3) is 0 Å². The van der Waals surface area contributed by atoms with Crippen LogP contribution in [0.2, 0.25) is 0 Å². The Morgan fingerprint density at radius 3 is 2.95 bits per heavy atom. The van der Waals surface area contributed by atoms with Crippen LogP contribution in [0.3, 0.4) is 0 Å². The Hall–Kier alpha value is -2.21. The lowest BCUT2D eigenvalue weighted by molar-refractivity contribution is -0.117. The van der Waals surface area contributed by atoms with E-state index in [9.17, 15) is 14.7 Å². The molecule has 0 aliphatic carbocycles. The zero-order valence-corrected chi connectivity index (χ0v) is 11.6. The third-order valence-electron chi connectivity index (χ3n) is 4.23. The number of nitrogens with two attached hydrogens (primary N) is 1. The highest BCUT2D eigenvalue weighted by atomic mass is 16.4. The van der Waals surface area contributed by atoms with Crippen molar-refractivity contribution in [2.45, 2.75) is 31.3 Å². The number of hydrogen-bond donors (Lipinski definition) is 2. The third kappa shape index (κ3) is 2.31. The van der Waals surface area contributed by atoms with E-state index in [-0.39, 0.29) is 12.3 Å². The summed E-state index contributed by atoms with van der Waals surface area (Å²) in [6.45, 7) is 0.434. The second-order valence-electron chi connectivity index (χ2n) is 5.56. The number of carboxylic acid groups (broad SMARTS) is 1. The summed E-state index contributed by atoms with van der Waals surface area (Å²) in [5.74, 6) is -0.190. The highest BCUT2D eigenvalue weighted by Crippen LogP contribution is 2.34. The Morgan fingerprint density at radius 2 is 2.19 bits per heavy atom. The molecule has 2 amide bonds. The minimum Gasteiger partial charge on any atom is -0.465 e. The molecular weight excluding hydrogens is 270 g/mol. The molecule has 1 aromatic carbocycles. The average molecular weight is 287 g/mol. The molecule has 2 aliphatic rings. The van der Waals surface area contributed by atoms with Crippen molar-refractivity contribution >= 4 is 18.2 Å². The molecule has 3 rings (SSSR count). The first-order valence-electron chi connectivity index (χ1n) is 7.00. The van der Waals surface area contributed by atoms with Crippen LogP contribution in [-0.4, -0.2) is 34.8 Å². The summed E-state index contributed by atoms with van der Waals surface area (Å²) in [5, 5.41) is 9.39. The molecule has 3 N–H and O–H groups in total. The van der Waals surface area contributed by atoms with Gasteiger partial charge in [-0.2, -0.15) is 0 Å². The minimum absolute atomic E-state index is 0.190. The molecule has 0 aromatic heterocycles. The van der Waals surface area contributed by atoms with E-state index < -0.39 is 11.8 Å². The molecule has 1 aromatic rings. The van der Waals surface area contributed by atoms with E-state index in [2.05, 4.69) is 4.99 Å². The van der Waals surface area contributed by atoms with Crippen molar-refractivity contribution in [1.82, 2.24) is 4.90 Å². The van der Waals surface area contributed by atoms with Crippen LogP contribution in [0.4, 0.5) is 4.79 Å². The van der Waals surface area contributed by atoms with E-state index in [0.29, 0.717) is 13.0 Å². The molecule has 110 valence electrons. The maximum Gasteiger partial charge on any atom is 0.409 e. The van der Waals surface area contributed by atoms with Crippen molar-refractivity contribution in [3.05, 3.63) is 34.9 Å². The van der Waals surface area contributed by atoms with Crippen LogP contribution in [0.1, 0.15) is 36.0 Å². The number of rotatable bonds is 1. The number of hydrogen-bond acceptors (Lipinski definition) is 3. The number of likely N-dealkylation sites (tertiary alicyclic amines) is 1. The number of carbonyl (C=O) groups is 2. The van der Waals surface area contributed by atoms with Gasteiger partial charge in [-0.3, -0.25) is 9.69 Å². The number of aliphatic imine (C=N–C) groups is 1. The number of carbonyl (C=O) groups excluding carboxylic acids is 1. The van der Waals surface area contributed by atoms with Crippen molar-refractivity contribution in [3.63, 3.8) is 0 Å². The zero-order chi connectivity index (χ0) is 15.0. The standard InChI is InChI=1S/C15H17N3O3/c16-15(5-1-2-6-18(15)14(20)21)12-4-3-10-9-17-13(19)8-11(10)7-12/h3-4,7,9H,1-2,5-6,8,16H2,(H,20,21). The Balaban J connectivity index is 2.02. The normalized spacial score (nSPS) is 24.8. The van der Waals surface area contributed by atoms with Crippen molar-refractivity contribution in [2.24, 2.45) is 10.7 Å². The highest BCUT2D eigenvalue weighted by Gasteiger charge is 2.40. The lowest BCUT2D eigenvalue weighted by atomic mass is 9.86. The topological polar surface area (TPSA) is 96.0 Å². The molecule has 2 heterocycles. The van der Waals surface area contributed by atoms with Gasteiger partial charge in [-0.25, -0.2) is 9.79 Å². The van der Waals surface area contributed by atoms with E-state index in [1.807, 2.05) is 18.2 Å². The predicted molar refractivity (Wildman–Crippen MR) is 77.2 cm³/mol. The van der Waals surface area contributed by atoms with Crippen LogP contribution < -0.4 is 5.73 Å². The van der Waals surface area contributed by atoms with E-state index in [1.54, 1.807) is 6.21 Å². The van der Waals surface area contributed by atoms with Crippen LogP contribution in [-0.2, 0) is 16.9 Å². The van der Waals surface area contributed by atoms with Gasteiger partial charge in [-0.05, 0) is 36.0 Å². The first-order valence-corrected chi connectivity index (χ1v) is 7.00. The predicted octanol–water partition coefficient (Wildman–Crippen LogP) is 1.46. The largest absolute Gasteiger partial charge is 0.465 e. The van der Waals surface area contributed by atoms with Crippen molar-refractivity contribution in [1.29, 1.82) is 0 Å². The van der Waals surface area contributed by atoms with Crippen molar-refractivity contribution in [2.75, 3.05) is 6.54 Å². The molecule has 0 bridgehead atoms. The van der Waals surface area contributed by atoms with Gasteiger partial charge in [-0.15, -0.1) is 0 Å². The second kappa shape index (κ2) is 4.96. The zero-order valence-electron chi connectivity index (χ0n) is 11.6. The second-order valence-corrected chi connectivity index (χ2v) is 5.56. The van der Waals surface area contributed by atoms with Gasteiger partial charge in [-0.1, -0.05) is 18.2 Å². The molecule has 1 atom stereocenters. The molecule has 0 saturated carbocycles. The maximum absolute atomic E-state index is 11.5. The van der Waals surface area contributed by atoms with Gasteiger partial charge in [0.15, 0.2) is 0 Å². The Bertz CT molecular complexity index is 641. The third-order valence-corrected chi connectivity index (χ3v) is 4.23. The van der Waals surface area contributed by atoms with E-state index in [0.717, 1.165) is 29.5 Å². The van der Waals surface area contributed by atoms with Crippen molar-refractivity contribution in [3.8, 4) is 0 Å². The molecule has 21 heavy (non-hydrogen) atoms. The fourth-order valence-corrected chi connectivity index (χ4v) is 3.07. The van der Waals surface area contributed by atoms with Gasteiger partial charge >= 0.3 is 6.09 Å². The van der Waals surface area contributed by atoms with Crippen molar-refractivity contribution < 1.29 is 14.7 Å². The lowest BCUT2D eigenvalue weighted by Crippen LogP contribution is -2.57. The SMILES string of the molecule is NC1(c2ccc3c(c2)CC(=O)N=C3)CCCCN1C(=O)O. The number of fused-ring (bicyclic) bond motifs is 1. The highest BCUT2D eigenvalue weighted by molar-refractivity contribution is 5.98. The molecule has 0 spiro atoms. The molecule has 1 saturated heterocycles. The monoisotopic (exact) mass is 287 g/mol. The fraction of sp³-hybridized carbons (Fsp3) is 0.400. The summed E-state index contributed by atoms with van der Waals surface area (Å²) < 4.78 is 0. The molecular formula is C15H17N3O3. The summed E-state index contributed by atoms with van der Waals surface area (Å²) in [6.07, 6.45) is 3.07. The number of amides is 2. The summed E-state index contributed by atoms with van der Waals surface area (Å²) in [6, 6.07) is 5.53. The Kier molecular flexibility index (Phi) is 3.25. The Labute approximate surface area is 122 Å². The number of piperidine rings is 1. The smallest absolute Gasteiger partial charge is 0.409 e. The van der Waals surface area contributed by atoms with E-state index in [4.69, 9.17) is 5.73 Å². The first-order chi connectivity index (χ1) is 10.0. The molecule has 6 heteroatoms. The molecule has 1 fully saturated rings. The van der Waals surface area contributed by atoms with E-state index >= 15 is 0 Å². The molecule has 2 aliphatic heterocycles. The van der Waals surface area contributed by atoms with Crippen LogP contribution in [0.25, 0.3) is 0 Å². The number of nitrogens with zero attached hydrogens (tertiary/aromatic N) is 2. The fourth-order valence-electron chi connectivity index (χ4n) is 3.07. The molecule has 0 radical (unpaired) electrons. The summed E-state index contributed by atoms with van der Waals surface area (Å²) in [7, 11) is 0. The quantitative estimate of drug-likeness (QED) is 0.817. The summed E-state index contributed by atoms with van der Waals surface area (Å²) in [5.41, 5.74) is 7.89. The van der Waals surface area contributed by atoms with Crippen LogP contribution in [0.5, 0.6) is 0 Å². The van der Waals surface area contributed by atoms with Gasteiger partial charge in [0, 0.05) is 12.8 Å². The minimum atomic E-state index is -1.02. The Morgan fingerprint density at radius 1 is 1.38 bits per heavy atom. The molecule has 1 unspecified atom stereocenters. The van der Waals surface area contributed by atoms with Crippen LogP contribution in [0, 0.1) is 0 Å². The first kappa shape index (κ1) is 13.8. The van der Waals surface area contributed by atoms with E-state index in [1.165, 1.54) is 4.90 Å². The van der Waals surface area contributed by atoms with Crippen LogP contribution >= 0.6 is 0 Å². The number of benzene rings is 1. The summed E-state index contributed by atoms with van der Waals surface area (Å²) in [4.78, 5) is 28.0.